The van der Waals surface area contributed by atoms with Gasteiger partial charge in [-0.2, -0.15) is 0 Å². The summed E-state index contributed by atoms with van der Waals surface area (Å²) in [5.74, 6) is -2.15. The Bertz CT molecular complexity index is 2140. The maximum Gasteiger partial charge on any atom is 0.411 e. The fourth-order valence-corrected chi connectivity index (χ4v) is 9.17. The zero-order chi connectivity index (χ0) is 41.8. The first kappa shape index (κ1) is 42.3. The van der Waals surface area contributed by atoms with E-state index >= 15 is 4.79 Å². The minimum Gasteiger partial charge on any atom is -0.484 e. The molecule has 1 aliphatic carbocycles. The van der Waals surface area contributed by atoms with Crippen molar-refractivity contribution in [3.63, 3.8) is 0 Å². The molecule has 312 valence electrons. The molecule has 0 N–H and O–H groups in total. The average Bonchev–Trinajstić information content (AvgIpc) is 3.65. The van der Waals surface area contributed by atoms with Crippen LogP contribution in [0.4, 0.5) is 23.5 Å². The number of piperazine rings is 1. The van der Waals surface area contributed by atoms with Gasteiger partial charge >= 0.3 is 12.2 Å². The second-order valence-electron chi connectivity index (χ2n) is 17.1. The molecule has 4 aliphatic rings. The second kappa shape index (κ2) is 16.3. The quantitative estimate of drug-likeness (QED) is 0.206. The summed E-state index contributed by atoms with van der Waals surface area (Å²) in [6, 6.07) is 5.70. The fourth-order valence-electron chi connectivity index (χ4n) is 7.57. The third-order valence-electron chi connectivity index (χ3n) is 10.3. The van der Waals surface area contributed by atoms with Crippen LogP contribution in [0.3, 0.4) is 0 Å². The summed E-state index contributed by atoms with van der Waals surface area (Å²) >= 11 is 20.5. The van der Waals surface area contributed by atoms with Gasteiger partial charge in [0, 0.05) is 50.4 Å². The molecule has 3 aliphatic heterocycles. The molecule has 17 heteroatoms. The summed E-state index contributed by atoms with van der Waals surface area (Å²) in [7, 11) is 0. The molecule has 1 aromatic heterocycles. The van der Waals surface area contributed by atoms with Crippen molar-refractivity contribution in [1.82, 2.24) is 19.7 Å². The van der Waals surface area contributed by atoms with Crippen molar-refractivity contribution in [1.29, 1.82) is 0 Å². The van der Waals surface area contributed by atoms with Crippen molar-refractivity contribution in [2.45, 2.75) is 109 Å². The Morgan fingerprint density at radius 3 is 2.28 bits per heavy atom. The van der Waals surface area contributed by atoms with Crippen molar-refractivity contribution in [3.8, 4) is 5.75 Å². The predicted molar refractivity (Wildman–Crippen MR) is 220 cm³/mol. The van der Waals surface area contributed by atoms with E-state index in [2.05, 4.69) is 0 Å². The molecule has 0 spiro atoms. The van der Waals surface area contributed by atoms with E-state index in [9.17, 15) is 18.4 Å². The van der Waals surface area contributed by atoms with Crippen molar-refractivity contribution in [3.05, 3.63) is 79.2 Å². The van der Waals surface area contributed by atoms with E-state index in [-0.39, 0.29) is 43.8 Å². The highest BCUT2D eigenvalue weighted by molar-refractivity contribution is 7.16. The Labute approximate surface area is 355 Å². The molecule has 58 heavy (non-hydrogen) atoms. The first-order valence-corrected chi connectivity index (χ1v) is 21.2. The van der Waals surface area contributed by atoms with E-state index in [0.29, 0.717) is 45.8 Å². The average molecular weight is 881 g/mol. The standard InChI is InChI=1S/C41H46Cl3F2N5O6S/c1-40(2,3)56-38(53)49-19-24-16-26(31-17-47-37(58-31)48-15-14-25(20-48)55-35-29(46)13-12-28(45)34(35)44)32(30(21-49)51(24)39(54)57-41(4,5)6)36(52)50(23-10-11-23)18-22-8-7-9-27(42)33(22)43/h7-9,12-13,17,23-25,30H,10-11,14-16,18-21H2,1-6H3/t24?,25-,30?/m1/s1. The molecular formula is C41H46Cl3F2N5O6S. The predicted octanol–water partition coefficient (Wildman–Crippen LogP) is 9.61. The fraction of sp³-hybridized carbons (Fsp3) is 0.512. The van der Waals surface area contributed by atoms with Gasteiger partial charge in [0.1, 0.15) is 28.1 Å². The van der Waals surface area contributed by atoms with Gasteiger partial charge in [-0.15, -0.1) is 0 Å². The molecule has 3 aromatic rings. The summed E-state index contributed by atoms with van der Waals surface area (Å²) in [6.45, 7) is 11.9. The van der Waals surface area contributed by atoms with E-state index in [1.807, 2.05) is 11.0 Å². The van der Waals surface area contributed by atoms with Crippen molar-refractivity contribution in [2.75, 3.05) is 31.1 Å². The molecule has 1 saturated carbocycles. The minimum atomic E-state index is -0.894. The third-order valence-corrected chi connectivity index (χ3v) is 12.6. The number of hydrogen-bond donors (Lipinski definition) is 0. The lowest BCUT2D eigenvalue weighted by Crippen LogP contribution is -2.66. The van der Waals surface area contributed by atoms with E-state index in [4.69, 9.17) is 54.0 Å². The number of thiazole rings is 1. The first-order valence-electron chi connectivity index (χ1n) is 19.3. The highest BCUT2D eigenvalue weighted by Crippen LogP contribution is 2.45. The first-order chi connectivity index (χ1) is 27.3. The normalized spacial score (nSPS) is 21.0. The van der Waals surface area contributed by atoms with E-state index in [1.54, 1.807) is 74.6 Å². The lowest BCUT2D eigenvalue weighted by molar-refractivity contribution is -0.129. The molecule has 2 saturated heterocycles. The Balaban J connectivity index is 1.27. The summed E-state index contributed by atoms with van der Waals surface area (Å²) < 4.78 is 46.3. The number of rotatable bonds is 8. The van der Waals surface area contributed by atoms with Crippen LogP contribution in [-0.4, -0.2) is 99.4 Å². The third kappa shape index (κ3) is 9.14. The molecule has 0 radical (unpaired) electrons. The number of benzene rings is 2. The molecular weight excluding hydrogens is 835 g/mol. The monoisotopic (exact) mass is 879 g/mol. The van der Waals surface area contributed by atoms with Gasteiger partial charge in [-0.05, 0) is 90.1 Å². The van der Waals surface area contributed by atoms with Crippen LogP contribution in [-0.2, 0) is 20.8 Å². The highest BCUT2D eigenvalue weighted by Gasteiger charge is 2.51. The number of halogens is 5. The maximum absolute atomic E-state index is 15.3. The van der Waals surface area contributed by atoms with Gasteiger partial charge in [-0.1, -0.05) is 58.3 Å². The molecule has 3 amide bonds. The van der Waals surface area contributed by atoms with Crippen LogP contribution in [0.5, 0.6) is 5.75 Å². The van der Waals surface area contributed by atoms with Crippen molar-refractivity contribution >= 4 is 74.9 Å². The number of anilines is 1. The van der Waals surface area contributed by atoms with Gasteiger partial charge in [0.25, 0.3) is 5.91 Å². The SMILES string of the molecule is CC(C)(C)OC(=O)N1CC2CC(c3cnc(N4CC[C@@H](Oc5c(F)ccc(F)c5Cl)C4)s3)=C(C(=O)N(Cc3cccc(Cl)c3Cl)C3CC3)C(C1)N2C(=O)OC(C)(C)C. The van der Waals surface area contributed by atoms with E-state index in [1.165, 1.54) is 11.3 Å². The molecule has 2 bridgehead atoms. The van der Waals surface area contributed by atoms with Crippen molar-refractivity contribution in [2.24, 2.45) is 0 Å². The Morgan fingerprint density at radius 2 is 1.59 bits per heavy atom. The van der Waals surface area contributed by atoms with Crippen LogP contribution < -0.4 is 9.64 Å². The van der Waals surface area contributed by atoms with E-state index < -0.39 is 58.2 Å². The van der Waals surface area contributed by atoms with Crippen molar-refractivity contribution < 1.29 is 37.4 Å². The molecule has 4 heterocycles. The molecule has 3 atom stereocenters. The largest absolute Gasteiger partial charge is 0.484 e. The molecule has 11 nitrogen and oxygen atoms in total. The highest BCUT2D eigenvalue weighted by atomic mass is 35.5. The van der Waals surface area contributed by atoms with E-state index in [0.717, 1.165) is 35.4 Å². The molecule has 7 rings (SSSR count). The van der Waals surface area contributed by atoms with Crippen LogP contribution in [0, 0.1) is 11.6 Å². The number of aromatic nitrogens is 1. The molecule has 2 unspecified atom stereocenters. The number of nitrogens with zero attached hydrogens (tertiary/aromatic N) is 5. The van der Waals surface area contributed by atoms with Gasteiger partial charge in [-0.25, -0.2) is 23.4 Å². The topological polar surface area (TPSA) is 105 Å². The van der Waals surface area contributed by atoms with Crippen LogP contribution in [0.15, 0.2) is 42.1 Å². The number of ether oxygens (including phenoxy) is 3. The van der Waals surface area contributed by atoms with Gasteiger partial charge in [0.15, 0.2) is 16.7 Å². The lowest BCUT2D eigenvalue weighted by atomic mass is 9.83. The summed E-state index contributed by atoms with van der Waals surface area (Å²) in [5, 5.41) is 0.957. The lowest BCUT2D eigenvalue weighted by Gasteiger charge is -2.51. The number of fused-ring (bicyclic) bond motifs is 2. The Morgan fingerprint density at radius 1 is 0.897 bits per heavy atom. The molecule has 3 fully saturated rings. The number of amides is 3. The van der Waals surface area contributed by atoms with Gasteiger partial charge < -0.3 is 28.9 Å². The number of hydrogen-bond acceptors (Lipinski definition) is 9. The number of carbonyl (C=O) groups excluding carboxylic acids is 3. The second-order valence-corrected chi connectivity index (χ2v) is 19.2. The van der Waals surface area contributed by atoms with Gasteiger partial charge in [0.05, 0.1) is 33.6 Å². The van der Waals surface area contributed by atoms with Gasteiger partial charge in [0.2, 0.25) is 0 Å². The van der Waals surface area contributed by atoms with Crippen LogP contribution >= 0.6 is 46.1 Å². The zero-order valence-corrected chi connectivity index (χ0v) is 36.2. The van der Waals surface area contributed by atoms with Crippen LogP contribution in [0.1, 0.15) is 77.7 Å². The number of carbonyl (C=O) groups is 3. The smallest absolute Gasteiger partial charge is 0.411 e. The van der Waals surface area contributed by atoms with Crippen LogP contribution in [0.2, 0.25) is 15.1 Å². The zero-order valence-electron chi connectivity index (χ0n) is 33.1. The maximum atomic E-state index is 15.3. The Hall–Kier alpha value is -3.85. The molecule has 2 aromatic carbocycles. The summed E-state index contributed by atoms with van der Waals surface area (Å²) in [5.41, 5.74) is 0.149. The van der Waals surface area contributed by atoms with Gasteiger partial charge in [-0.3, -0.25) is 9.69 Å². The minimum absolute atomic E-state index is 0.0122. The summed E-state index contributed by atoms with van der Waals surface area (Å²) in [6.07, 6.45) is 2.40. The Kier molecular flexibility index (Phi) is 11.9. The summed E-state index contributed by atoms with van der Waals surface area (Å²) in [4.78, 5) is 55.6. The van der Waals surface area contributed by atoms with Crippen LogP contribution in [0.25, 0.3) is 5.57 Å².